The van der Waals surface area contributed by atoms with E-state index in [9.17, 15) is 14.0 Å². The van der Waals surface area contributed by atoms with Gasteiger partial charge in [0.05, 0.1) is 11.6 Å². The Labute approximate surface area is 138 Å². The van der Waals surface area contributed by atoms with Crippen LogP contribution in [0.3, 0.4) is 0 Å². The van der Waals surface area contributed by atoms with Crippen molar-refractivity contribution in [3.63, 3.8) is 0 Å². The summed E-state index contributed by atoms with van der Waals surface area (Å²) in [5.74, 6) is -1.22. The monoisotopic (exact) mass is 334 g/mol. The highest BCUT2D eigenvalue weighted by molar-refractivity contribution is 7.10. The second kappa shape index (κ2) is 8.43. The van der Waals surface area contributed by atoms with E-state index in [2.05, 4.69) is 10.6 Å². The quantitative estimate of drug-likeness (QED) is 0.816. The molecule has 0 unspecified atom stereocenters. The number of amides is 2. The molecule has 1 heterocycles. The number of halogens is 1. The third-order valence-corrected chi connectivity index (χ3v) is 4.37. The lowest BCUT2D eigenvalue weighted by Gasteiger charge is -2.15. The van der Waals surface area contributed by atoms with Gasteiger partial charge < -0.3 is 10.6 Å². The minimum Gasteiger partial charge on any atom is -0.351 e. The van der Waals surface area contributed by atoms with E-state index in [0.29, 0.717) is 0 Å². The van der Waals surface area contributed by atoms with Crippen LogP contribution in [0.25, 0.3) is 0 Å². The van der Waals surface area contributed by atoms with Crippen LogP contribution in [0.5, 0.6) is 0 Å². The molecule has 0 saturated carbocycles. The molecule has 122 valence electrons. The van der Waals surface area contributed by atoms with Crippen LogP contribution in [-0.4, -0.2) is 18.4 Å². The lowest BCUT2D eigenvalue weighted by atomic mass is 10.2. The average Bonchev–Trinajstić information content (AvgIpc) is 3.07. The molecule has 0 aliphatic rings. The predicted molar refractivity (Wildman–Crippen MR) is 88.8 cm³/mol. The third kappa shape index (κ3) is 4.89. The SMILES string of the molecule is CC[C@@H](NC(=O)CCNC(=O)c1ccccc1F)c1cccs1. The first kappa shape index (κ1) is 17.1. The smallest absolute Gasteiger partial charge is 0.254 e. The number of carbonyl (C=O) groups is 2. The van der Waals surface area contributed by atoms with E-state index in [1.165, 1.54) is 18.2 Å². The van der Waals surface area contributed by atoms with E-state index in [1.54, 1.807) is 17.4 Å². The van der Waals surface area contributed by atoms with Crippen molar-refractivity contribution in [3.8, 4) is 0 Å². The lowest BCUT2D eigenvalue weighted by Crippen LogP contribution is -2.32. The Morgan fingerprint density at radius 3 is 2.65 bits per heavy atom. The van der Waals surface area contributed by atoms with Gasteiger partial charge in [0.25, 0.3) is 5.91 Å². The molecule has 1 aromatic carbocycles. The number of thiophene rings is 1. The van der Waals surface area contributed by atoms with Gasteiger partial charge >= 0.3 is 0 Å². The molecule has 0 spiro atoms. The molecule has 2 N–H and O–H groups in total. The Morgan fingerprint density at radius 2 is 2.00 bits per heavy atom. The highest BCUT2D eigenvalue weighted by Gasteiger charge is 2.14. The van der Waals surface area contributed by atoms with Gasteiger partial charge in [-0.1, -0.05) is 25.1 Å². The Hall–Kier alpha value is -2.21. The normalized spacial score (nSPS) is 11.7. The topological polar surface area (TPSA) is 58.2 Å². The molecule has 0 fully saturated rings. The Bertz CT molecular complexity index is 658. The van der Waals surface area contributed by atoms with Crippen LogP contribution < -0.4 is 10.6 Å². The molecule has 2 aromatic rings. The molecule has 1 atom stereocenters. The van der Waals surface area contributed by atoms with Gasteiger partial charge in [0.15, 0.2) is 0 Å². The van der Waals surface area contributed by atoms with Crippen molar-refractivity contribution in [1.82, 2.24) is 10.6 Å². The molecule has 0 aliphatic carbocycles. The van der Waals surface area contributed by atoms with Crippen LogP contribution in [0.1, 0.15) is 41.0 Å². The molecule has 2 rings (SSSR count). The second-order valence-electron chi connectivity index (χ2n) is 5.03. The van der Waals surface area contributed by atoms with Crippen LogP contribution in [-0.2, 0) is 4.79 Å². The molecule has 2 amide bonds. The fourth-order valence-corrected chi connectivity index (χ4v) is 3.02. The lowest BCUT2D eigenvalue weighted by molar-refractivity contribution is -0.121. The summed E-state index contributed by atoms with van der Waals surface area (Å²) in [6.45, 7) is 2.17. The van der Waals surface area contributed by atoms with Gasteiger partial charge in [-0.05, 0) is 30.0 Å². The molecule has 0 saturated heterocycles. The summed E-state index contributed by atoms with van der Waals surface area (Å²) in [5, 5.41) is 7.47. The highest BCUT2D eigenvalue weighted by Crippen LogP contribution is 2.21. The first-order valence-electron chi connectivity index (χ1n) is 7.47. The zero-order chi connectivity index (χ0) is 16.7. The van der Waals surface area contributed by atoms with Crippen molar-refractivity contribution in [3.05, 3.63) is 58.0 Å². The van der Waals surface area contributed by atoms with E-state index in [1.807, 2.05) is 24.4 Å². The molecule has 0 aliphatic heterocycles. The summed E-state index contributed by atoms with van der Waals surface area (Å²) in [5.41, 5.74) is -0.0158. The summed E-state index contributed by atoms with van der Waals surface area (Å²) in [4.78, 5) is 24.9. The molecule has 0 radical (unpaired) electrons. The molecule has 0 bridgehead atoms. The Morgan fingerprint density at radius 1 is 1.22 bits per heavy atom. The Kier molecular flexibility index (Phi) is 6.29. The van der Waals surface area contributed by atoms with Gasteiger partial charge in [0, 0.05) is 17.8 Å². The van der Waals surface area contributed by atoms with Crippen molar-refractivity contribution in [2.75, 3.05) is 6.54 Å². The third-order valence-electron chi connectivity index (χ3n) is 3.39. The zero-order valence-corrected chi connectivity index (χ0v) is 13.7. The van der Waals surface area contributed by atoms with Crippen LogP contribution in [0.4, 0.5) is 4.39 Å². The van der Waals surface area contributed by atoms with Crippen LogP contribution in [0.15, 0.2) is 41.8 Å². The van der Waals surface area contributed by atoms with Gasteiger partial charge in [-0.3, -0.25) is 9.59 Å². The molecule has 4 nitrogen and oxygen atoms in total. The maximum atomic E-state index is 13.5. The first-order chi connectivity index (χ1) is 11.1. The maximum Gasteiger partial charge on any atom is 0.254 e. The fraction of sp³-hybridized carbons (Fsp3) is 0.294. The average molecular weight is 334 g/mol. The number of nitrogens with one attached hydrogen (secondary N) is 2. The van der Waals surface area contributed by atoms with E-state index in [0.717, 1.165) is 11.3 Å². The summed E-state index contributed by atoms with van der Waals surface area (Å²) in [7, 11) is 0. The van der Waals surface area contributed by atoms with Gasteiger partial charge in [0.2, 0.25) is 5.91 Å². The van der Waals surface area contributed by atoms with E-state index >= 15 is 0 Å². The molecule has 1 aromatic heterocycles. The van der Waals surface area contributed by atoms with Gasteiger partial charge in [-0.25, -0.2) is 4.39 Å². The summed E-state index contributed by atoms with van der Waals surface area (Å²) >= 11 is 1.60. The number of hydrogen-bond acceptors (Lipinski definition) is 3. The maximum absolute atomic E-state index is 13.5. The van der Waals surface area contributed by atoms with Crippen LogP contribution in [0, 0.1) is 5.82 Å². The largest absolute Gasteiger partial charge is 0.351 e. The number of rotatable bonds is 7. The van der Waals surface area contributed by atoms with Crippen molar-refractivity contribution in [1.29, 1.82) is 0 Å². The highest BCUT2D eigenvalue weighted by atomic mass is 32.1. The van der Waals surface area contributed by atoms with Crippen molar-refractivity contribution >= 4 is 23.2 Å². The minimum absolute atomic E-state index is 0.00947. The zero-order valence-electron chi connectivity index (χ0n) is 12.8. The summed E-state index contributed by atoms with van der Waals surface area (Å²) in [6.07, 6.45) is 0.954. The molecule has 23 heavy (non-hydrogen) atoms. The van der Waals surface area contributed by atoms with Crippen molar-refractivity contribution in [2.24, 2.45) is 0 Å². The van der Waals surface area contributed by atoms with Gasteiger partial charge in [0.1, 0.15) is 5.82 Å². The van der Waals surface area contributed by atoms with E-state index in [-0.39, 0.29) is 30.5 Å². The number of carbonyl (C=O) groups excluding carboxylic acids is 2. The van der Waals surface area contributed by atoms with Gasteiger partial charge in [-0.2, -0.15) is 0 Å². The van der Waals surface area contributed by atoms with E-state index in [4.69, 9.17) is 0 Å². The second-order valence-corrected chi connectivity index (χ2v) is 6.01. The Balaban J connectivity index is 1.78. The number of hydrogen-bond donors (Lipinski definition) is 2. The number of benzene rings is 1. The van der Waals surface area contributed by atoms with Crippen LogP contribution >= 0.6 is 11.3 Å². The molecular weight excluding hydrogens is 315 g/mol. The van der Waals surface area contributed by atoms with Crippen LogP contribution in [0.2, 0.25) is 0 Å². The molecular formula is C17H19FN2O2S. The van der Waals surface area contributed by atoms with Crippen molar-refractivity contribution < 1.29 is 14.0 Å². The minimum atomic E-state index is -0.571. The standard InChI is InChI=1S/C17H19FN2O2S/c1-2-14(15-8-5-11-23-15)20-16(21)9-10-19-17(22)12-6-3-4-7-13(12)18/h3-8,11,14H,2,9-10H2,1H3,(H,19,22)(H,20,21)/t14-/m1/s1. The van der Waals surface area contributed by atoms with Gasteiger partial charge in [-0.15, -0.1) is 11.3 Å². The fourth-order valence-electron chi connectivity index (χ4n) is 2.16. The van der Waals surface area contributed by atoms with E-state index < -0.39 is 11.7 Å². The molecule has 6 heteroatoms. The summed E-state index contributed by atoms with van der Waals surface area (Å²) < 4.78 is 13.5. The van der Waals surface area contributed by atoms with Crippen molar-refractivity contribution in [2.45, 2.75) is 25.8 Å². The first-order valence-corrected chi connectivity index (χ1v) is 8.35. The summed E-state index contributed by atoms with van der Waals surface area (Å²) in [6, 6.07) is 9.68. The predicted octanol–water partition coefficient (Wildman–Crippen LogP) is 3.27.